The topological polar surface area (TPSA) is 104 Å². The minimum absolute atomic E-state index is 0.483. The van der Waals surface area contributed by atoms with Gasteiger partial charge in [-0.15, -0.1) is 0 Å². The van der Waals surface area contributed by atoms with Crippen LogP contribution in [0.15, 0.2) is 0 Å². The first-order chi connectivity index (χ1) is 5.41. The van der Waals surface area contributed by atoms with E-state index in [4.69, 9.17) is 14.7 Å². The number of hydrogen-bond donors (Lipinski definition) is 3. The van der Waals surface area contributed by atoms with Gasteiger partial charge in [-0.05, 0) is 11.4 Å². The second-order valence-corrected chi connectivity index (χ2v) is 9.16. The van der Waals surface area contributed by atoms with Gasteiger partial charge in [0.15, 0.2) is 0 Å². The summed E-state index contributed by atoms with van der Waals surface area (Å²) in [6.07, 6.45) is 0. The van der Waals surface area contributed by atoms with Gasteiger partial charge in [0.2, 0.25) is 0 Å². The van der Waals surface area contributed by atoms with E-state index in [1.807, 2.05) is 0 Å². The normalized spacial score (nSPS) is 18.3. The van der Waals surface area contributed by atoms with Gasteiger partial charge in [0, 0.05) is 4.75 Å². The van der Waals surface area contributed by atoms with Crippen molar-refractivity contribution in [3.63, 3.8) is 0 Å². The molecule has 6 nitrogen and oxygen atoms in total. The van der Waals surface area contributed by atoms with Crippen molar-refractivity contribution in [2.24, 2.45) is 0 Å². The summed E-state index contributed by atoms with van der Waals surface area (Å²) in [5.41, 5.74) is 0. The summed E-state index contributed by atoms with van der Waals surface area (Å²) >= 11 is 0.483. The van der Waals surface area contributed by atoms with Crippen molar-refractivity contribution in [3.8, 4) is 0 Å². The van der Waals surface area contributed by atoms with Crippen molar-refractivity contribution in [1.29, 1.82) is 0 Å². The summed E-state index contributed by atoms with van der Waals surface area (Å²) in [5.74, 6) is 0. The average Bonchev–Trinajstić information content (AvgIpc) is 1.43. The molecule has 0 aliphatic rings. The largest absolute Gasteiger partial charge is 0.477 e. The first-order valence-electron chi connectivity index (χ1n) is 3.22. The second-order valence-electron chi connectivity index (χ2n) is 3.24. The van der Waals surface area contributed by atoms with Gasteiger partial charge in [-0.25, -0.2) is 9.13 Å². The van der Waals surface area contributed by atoms with Gasteiger partial charge in [0.05, 0.1) is 0 Å². The van der Waals surface area contributed by atoms with E-state index in [1.54, 1.807) is 20.8 Å². The second kappa shape index (κ2) is 4.03. The fourth-order valence-electron chi connectivity index (χ4n) is 0.497. The van der Waals surface area contributed by atoms with Crippen LogP contribution in [-0.4, -0.2) is 19.4 Å². The molecule has 0 radical (unpaired) electrons. The summed E-state index contributed by atoms with van der Waals surface area (Å²) < 4.78 is 24.4. The Hall–Kier alpha value is 0.650. The molecule has 1 unspecified atom stereocenters. The van der Waals surface area contributed by atoms with Crippen LogP contribution in [0.2, 0.25) is 0 Å². The van der Waals surface area contributed by atoms with Crippen LogP contribution in [0.25, 0.3) is 0 Å². The van der Waals surface area contributed by atoms with Crippen LogP contribution in [-0.2, 0) is 13.4 Å². The molecule has 9 heteroatoms. The lowest BCUT2D eigenvalue weighted by Crippen LogP contribution is -2.06. The Kier molecular flexibility index (Phi) is 4.23. The molecule has 0 saturated carbocycles. The summed E-state index contributed by atoms with van der Waals surface area (Å²) in [6, 6.07) is 0. The van der Waals surface area contributed by atoms with Gasteiger partial charge in [-0.3, -0.25) is 0 Å². The minimum Gasteiger partial charge on any atom is -0.316 e. The highest BCUT2D eigenvalue weighted by molar-refractivity contribution is 8.55. The molecule has 80 valence electrons. The maximum atomic E-state index is 11.0. The summed E-state index contributed by atoms with van der Waals surface area (Å²) in [5, 5.41) is 0. The molecule has 0 rings (SSSR count). The Bertz CT molecular complexity index is 264. The predicted molar refractivity (Wildman–Crippen MR) is 50.3 cm³/mol. The predicted octanol–water partition coefficient (Wildman–Crippen LogP) is 1.73. The Morgan fingerprint density at radius 3 is 1.77 bits per heavy atom. The molecular formula is C4H12O6P2S. The van der Waals surface area contributed by atoms with Crippen LogP contribution in [0.3, 0.4) is 0 Å². The third-order valence-corrected chi connectivity index (χ3v) is 5.99. The lowest BCUT2D eigenvalue weighted by molar-refractivity contribution is 0.270. The highest BCUT2D eigenvalue weighted by Crippen LogP contribution is 2.68. The highest BCUT2D eigenvalue weighted by atomic mass is 32.7. The van der Waals surface area contributed by atoms with Crippen LogP contribution >= 0.6 is 26.0 Å². The van der Waals surface area contributed by atoms with Crippen molar-refractivity contribution in [2.45, 2.75) is 25.5 Å². The zero-order valence-electron chi connectivity index (χ0n) is 7.37. The van der Waals surface area contributed by atoms with Crippen LogP contribution < -0.4 is 0 Å². The van der Waals surface area contributed by atoms with Gasteiger partial charge < -0.3 is 14.7 Å². The molecule has 0 fully saturated rings. The van der Waals surface area contributed by atoms with Crippen LogP contribution in [0.4, 0.5) is 0 Å². The maximum absolute atomic E-state index is 11.0. The molecule has 0 spiro atoms. The average molecular weight is 250 g/mol. The first-order valence-corrected chi connectivity index (χ1v) is 7.75. The monoisotopic (exact) mass is 250 g/mol. The van der Waals surface area contributed by atoms with E-state index in [1.165, 1.54) is 0 Å². The molecule has 0 saturated heterocycles. The molecule has 13 heavy (non-hydrogen) atoms. The van der Waals surface area contributed by atoms with Crippen molar-refractivity contribution < 1.29 is 28.1 Å². The summed E-state index contributed by atoms with van der Waals surface area (Å²) in [4.78, 5) is 25.6. The van der Waals surface area contributed by atoms with Gasteiger partial charge in [0.25, 0.3) is 0 Å². The highest BCUT2D eigenvalue weighted by Gasteiger charge is 2.35. The lowest BCUT2D eigenvalue weighted by atomic mass is 10.3. The van der Waals surface area contributed by atoms with Crippen molar-refractivity contribution in [2.75, 3.05) is 0 Å². The zero-order chi connectivity index (χ0) is 10.9. The Morgan fingerprint density at radius 2 is 1.54 bits per heavy atom. The number of phosphoric acid groups is 1. The zero-order valence-corrected chi connectivity index (χ0v) is 9.97. The first kappa shape index (κ1) is 13.7. The van der Waals surface area contributed by atoms with Gasteiger partial charge in [-0.1, -0.05) is 20.8 Å². The van der Waals surface area contributed by atoms with Gasteiger partial charge >= 0.3 is 14.6 Å². The molecule has 0 aromatic carbocycles. The lowest BCUT2D eigenvalue weighted by Gasteiger charge is -2.20. The minimum atomic E-state index is -4.91. The quantitative estimate of drug-likeness (QED) is 0.655. The van der Waals surface area contributed by atoms with Gasteiger partial charge in [-0.2, -0.15) is 4.31 Å². The Balaban J connectivity index is 4.44. The third-order valence-electron chi connectivity index (χ3n) is 0.599. The number of hydrogen-bond acceptors (Lipinski definition) is 4. The molecule has 0 aliphatic carbocycles. The molecule has 0 aliphatic heterocycles. The molecular weight excluding hydrogens is 238 g/mol. The summed E-state index contributed by atoms with van der Waals surface area (Å²) in [6.45, 7) is 0.604. The summed E-state index contributed by atoms with van der Waals surface area (Å²) in [7, 11) is -4.91. The van der Waals surface area contributed by atoms with E-state index in [2.05, 4.69) is 4.31 Å². The van der Waals surface area contributed by atoms with E-state index in [-0.39, 0.29) is 0 Å². The van der Waals surface area contributed by atoms with Crippen LogP contribution in [0.1, 0.15) is 20.8 Å². The molecule has 1 atom stereocenters. The molecule has 0 bridgehead atoms. The molecule has 0 aromatic heterocycles. The maximum Gasteiger partial charge on any atom is 0.477 e. The van der Waals surface area contributed by atoms with E-state index in [0.717, 1.165) is 0 Å². The van der Waals surface area contributed by atoms with Crippen LogP contribution in [0.5, 0.6) is 0 Å². The Morgan fingerprint density at radius 1 is 1.15 bits per heavy atom. The fourth-order valence-corrected chi connectivity index (χ4v) is 5.56. The van der Waals surface area contributed by atoms with Gasteiger partial charge in [0.1, 0.15) is 0 Å². The van der Waals surface area contributed by atoms with Crippen LogP contribution in [0, 0.1) is 0 Å². The Labute approximate surface area is 80.2 Å². The van der Waals surface area contributed by atoms with E-state index in [0.29, 0.717) is 11.4 Å². The molecule has 0 amide bonds. The number of rotatable bonds is 3. The van der Waals surface area contributed by atoms with E-state index >= 15 is 0 Å². The third kappa shape index (κ3) is 8.97. The SMILES string of the molecule is CC(C)(C)SP(=O)(O)OP(=O)(O)O. The van der Waals surface area contributed by atoms with Crippen molar-refractivity contribution in [3.05, 3.63) is 0 Å². The van der Waals surface area contributed by atoms with Crippen molar-refractivity contribution >= 4 is 26.0 Å². The molecule has 3 N–H and O–H groups in total. The van der Waals surface area contributed by atoms with E-state index in [9.17, 15) is 9.13 Å². The van der Waals surface area contributed by atoms with Crippen molar-refractivity contribution in [1.82, 2.24) is 0 Å². The molecule has 0 aromatic rings. The fraction of sp³-hybridized carbons (Fsp3) is 1.00. The standard InChI is InChI=1S/C4H12O6P2S/c1-4(2,3)13-12(8,9)10-11(5,6)7/h1-3H3,(H,8,9)(H2,5,6,7). The smallest absolute Gasteiger partial charge is 0.316 e. The molecule has 0 heterocycles. The van der Waals surface area contributed by atoms with E-state index < -0.39 is 19.4 Å².